The average molecular weight is 216 g/mol. The highest BCUT2D eigenvalue weighted by Crippen LogP contribution is 2.15. The maximum atomic E-state index is 9.13. The molecule has 0 bridgehead atoms. The first-order chi connectivity index (χ1) is 6.63. The highest BCUT2D eigenvalue weighted by Gasteiger charge is 2.09. The first-order valence-corrected chi connectivity index (χ1v) is 5.45. The number of aryl methyl sites for hydroxylation is 1. The van der Waals surface area contributed by atoms with Gasteiger partial charge in [-0.2, -0.15) is 0 Å². The highest BCUT2D eigenvalue weighted by atomic mass is 32.1. The number of hydrogen-bond acceptors (Lipinski definition) is 5. The van der Waals surface area contributed by atoms with Crippen LogP contribution in [0.3, 0.4) is 0 Å². The Morgan fingerprint density at radius 1 is 1.64 bits per heavy atom. The lowest BCUT2D eigenvalue weighted by molar-refractivity contribution is 0.0923. The fourth-order valence-corrected chi connectivity index (χ4v) is 1.77. The number of nitrogens with one attached hydrogen (secondary N) is 1. The van der Waals surface area contributed by atoms with Crippen LogP contribution in [0, 0.1) is 6.92 Å². The van der Waals surface area contributed by atoms with Crippen molar-refractivity contribution in [2.75, 3.05) is 13.2 Å². The monoisotopic (exact) mass is 216 g/mol. The van der Waals surface area contributed by atoms with Crippen molar-refractivity contribution in [2.24, 2.45) is 0 Å². The van der Waals surface area contributed by atoms with E-state index in [4.69, 9.17) is 10.2 Å². The molecule has 0 radical (unpaired) electrons. The molecule has 1 rings (SSSR count). The molecule has 3 N–H and O–H groups in total. The normalized spacial score (nSPS) is 15.4. The summed E-state index contributed by atoms with van der Waals surface area (Å²) in [6.07, 6.45) is -0.697. The number of aliphatic hydroxyl groups excluding tert-OH is 2. The summed E-state index contributed by atoms with van der Waals surface area (Å²) in [6, 6.07) is 0.112. The van der Waals surface area contributed by atoms with E-state index in [1.54, 1.807) is 11.3 Å². The molecule has 14 heavy (non-hydrogen) atoms. The molecule has 1 heterocycles. The van der Waals surface area contributed by atoms with Crippen molar-refractivity contribution in [3.05, 3.63) is 16.1 Å². The molecule has 0 fully saturated rings. The molecule has 1 aromatic rings. The molecule has 5 heteroatoms. The summed E-state index contributed by atoms with van der Waals surface area (Å²) >= 11 is 1.61. The van der Waals surface area contributed by atoms with E-state index in [9.17, 15) is 0 Å². The third kappa shape index (κ3) is 3.34. The number of nitrogens with zero attached hydrogens (tertiary/aromatic N) is 1. The summed E-state index contributed by atoms with van der Waals surface area (Å²) in [7, 11) is 0. The number of hydrogen-bond donors (Lipinski definition) is 3. The maximum Gasteiger partial charge on any atom is 0.0898 e. The number of aromatic nitrogens is 1. The van der Waals surface area contributed by atoms with Crippen molar-refractivity contribution in [3.63, 3.8) is 0 Å². The Bertz CT molecular complexity index is 278. The zero-order chi connectivity index (χ0) is 10.6. The number of thiazole rings is 1. The van der Waals surface area contributed by atoms with Crippen LogP contribution in [0.2, 0.25) is 0 Å². The highest BCUT2D eigenvalue weighted by molar-refractivity contribution is 7.09. The molecular weight excluding hydrogens is 200 g/mol. The second-order valence-electron chi connectivity index (χ2n) is 3.26. The van der Waals surface area contributed by atoms with Gasteiger partial charge < -0.3 is 15.5 Å². The Morgan fingerprint density at radius 3 is 2.86 bits per heavy atom. The first kappa shape index (κ1) is 11.6. The zero-order valence-corrected chi connectivity index (χ0v) is 9.21. The van der Waals surface area contributed by atoms with Gasteiger partial charge >= 0.3 is 0 Å². The number of aliphatic hydroxyl groups is 2. The largest absolute Gasteiger partial charge is 0.394 e. The fourth-order valence-electron chi connectivity index (χ4n) is 1.06. The van der Waals surface area contributed by atoms with Crippen molar-refractivity contribution < 1.29 is 10.2 Å². The van der Waals surface area contributed by atoms with Gasteiger partial charge in [-0.15, -0.1) is 11.3 Å². The van der Waals surface area contributed by atoms with Gasteiger partial charge in [0.1, 0.15) is 0 Å². The van der Waals surface area contributed by atoms with Crippen molar-refractivity contribution in [2.45, 2.75) is 26.0 Å². The van der Waals surface area contributed by atoms with Crippen molar-refractivity contribution >= 4 is 11.3 Å². The van der Waals surface area contributed by atoms with Gasteiger partial charge in [-0.3, -0.25) is 0 Å². The second kappa shape index (κ2) is 5.41. The van der Waals surface area contributed by atoms with E-state index in [-0.39, 0.29) is 12.6 Å². The molecule has 0 saturated carbocycles. The Kier molecular flexibility index (Phi) is 4.47. The summed E-state index contributed by atoms with van der Waals surface area (Å²) in [4.78, 5) is 4.33. The Labute approximate surface area is 87.6 Å². The van der Waals surface area contributed by atoms with E-state index in [0.29, 0.717) is 6.54 Å². The molecule has 2 unspecified atom stereocenters. The smallest absolute Gasteiger partial charge is 0.0898 e. The van der Waals surface area contributed by atoms with Gasteiger partial charge in [0, 0.05) is 18.0 Å². The van der Waals surface area contributed by atoms with Gasteiger partial charge in [0.15, 0.2) is 0 Å². The lowest BCUT2D eigenvalue weighted by Crippen LogP contribution is -2.31. The third-order valence-corrected chi connectivity index (χ3v) is 2.74. The van der Waals surface area contributed by atoms with Crippen LogP contribution >= 0.6 is 11.3 Å². The predicted octanol–water partition coefficient (Wildman–Crippen LogP) is 0.455. The van der Waals surface area contributed by atoms with Crippen LogP contribution in [0.4, 0.5) is 0 Å². The van der Waals surface area contributed by atoms with Crippen molar-refractivity contribution in [1.29, 1.82) is 0 Å². The minimum Gasteiger partial charge on any atom is -0.394 e. The molecule has 4 nitrogen and oxygen atoms in total. The van der Waals surface area contributed by atoms with Crippen LogP contribution in [0.15, 0.2) is 5.38 Å². The van der Waals surface area contributed by atoms with Crippen LogP contribution < -0.4 is 5.32 Å². The molecule has 80 valence electrons. The quantitative estimate of drug-likeness (QED) is 0.669. The number of rotatable bonds is 5. The molecule has 0 aliphatic carbocycles. The summed E-state index contributed by atoms with van der Waals surface area (Å²) in [5, 5.41) is 23.9. The van der Waals surface area contributed by atoms with Gasteiger partial charge in [0.2, 0.25) is 0 Å². The molecule has 0 amide bonds. The molecule has 2 atom stereocenters. The molecule has 0 aliphatic heterocycles. The standard InChI is InChI=1S/C9H16N2O2S/c1-6(10-3-8(13)4-12)9-5-14-7(2)11-9/h5-6,8,10,12-13H,3-4H2,1-2H3. The second-order valence-corrected chi connectivity index (χ2v) is 4.32. The lowest BCUT2D eigenvalue weighted by atomic mass is 10.2. The Balaban J connectivity index is 2.39. The minimum atomic E-state index is -0.697. The van der Waals surface area contributed by atoms with Crippen molar-refractivity contribution in [1.82, 2.24) is 10.3 Å². The topological polar surface area (TPSA) is 65.4 Å². The molecule has 0 aliphatic rings. The maximum absolute atomic E-state index is 9.13. The van der Waals surface area contributed by atoms with Crippen LogP contribution in [0.5, 0.6) is 0 Å². The summed E-state index contributed by atoms with van der Waals surface area (Å²) < 4.78 is 0. The van der Waals surface area contributed by atoms with Gasteiger partial charge in [0.25, 0.3) is 0 Å². The summed E-state index contributed by atoms with van der Waals surface area (Å²) in [5.74, 6) is 0. The van der Waals surface area contributed by atoms with Gasteiger partial charge in [0.05, 0.1) is 23.4 Å². The van der Waals surface area contributed by atoms with Gasteiger partial charge in [-0.1, -0.05) is 0 Å². The molecule has 0 aromatic carbocycles. The first-order valence-electron chi connectivity index (χ1n) is 4.57. The SMILES string of the molecule is Cc1nc(C(C)NCC(O)CO)cs1. The van der Waals surface area contributed by atoms with E-state index in [0.717, 1.165) is 10.7 Å². The average Bonchev–Trinajstić information content (AvgIpc) is 2.60. The van der Waals surface area contributed by atoms with E-state index in [1.165, 1.54) is 0 Å². The Hall–Kier alpha value is -0.490. The van der Waals surface area contributed by atoms with E-state index in [1.807, 2.05) is 19.2 Å². The molecule has 0 saturated heterocycles. The third-order valence-electron chi connectivity index (χ3n) is 1.95. The van der Waals surface area contributed by atoms with Crippen LogP contribution in [-0.4, -0.2) is 34.5 Å². The molecular formula is C9H16N2O2S. The molecule has 0 spiro atoms. The van der Waals surface area contributed by atoms with Crippen LogP contribution in [0.25, 0.3) is 0 Å². The van der Waals surface area contributed by atoms with E-state index < -0.39 is 6.10 Å². The zero-order valence-electron chi connectivity index (χ0n) is 8.40. The summed E-state index contributed by atoms with van der Waals surface area (Å²) in [6.45, 7) is 4.12. The van der Waals surface area contributed by atoms with Gasteiger partial charge in [-0.05, 0) is 13.8 Å². The van der Waals surface area contributed by atoms with Crippen LogP contribution in [-0.2, 0) is 0 Å². The summed E-state index contributed by atoms with van der Waals surface area (Å²) in [5.41, 5.74) is 0.984. The van der Waals surface area contributed by atoms with E-state index >= 15 is 0 Å². The fraction of sp³-hybridized carbons (Fsp3) is 0.667. The van der Waals surface area contributed by atoms with Gasteiger partial charge in [-0.25, -0.2) is 4.98 Å². The van der Waals surface area contributed by atoms with E-state index in [2.05, 4.69) is 10.3 Å². The minimum absolute atomic E-state index is 0.112. The molecule has 1 aromatic heterocycles. The van der Waals surface area contributed by atoms with Crippen molar-refractivity contribution in [3.8, 4) is 0 Å². The van der Waals surface area contributed by atoms with Crippen LogP contribution in [0.1, 0.15) is 23.7 Å². The Morgan fingerprint density at radius 2 is 2.36 bits per heavy atom. The predicted molar refractivity (Wildman–Crippen MR) is 56.4 cm³/mol. The lowest BCUT2D eigenvalue weighted by Gasteiger charge is -2.13.